The highest BCUT2D eigenvalue weighted by Gasteiger charge is 2.86. The van der Waals surface area contributed by atoms with E-state index in [1.165, 1.54) is 0 Å². The van der Waals surface area contributed by atoms with Crippen LogP contribution in [0.3, 0.4) is 0 Å². The zero-order valence-electron chi connectivity index (χ0n) is 23.6. The number of likely N-dealkylation sites (N-methyl/N-ethyl adjacent to an activating group) is 1. The molecule has 11 nitrogen and oxygen atoms in total. The number of Topliss-reactive ketones (excluding diaryl/α,β-unsaturated/α-hetero) is 1. The van der Waals surface area contributed by atoms with Crippen molar-refractivity contribution in [1.29, 1.82) is 0 Å². The van der Waals surface area contributed by atoms with Gasteiger partial charge in [-0.05, 0) is 57.3 Å². The van der Waals surface area contributed by atoms with Crippen molar-refractivity contribution in [3.63, 3.8) is 0 Å². The lowest BCUT2D eigenvalue weighted by Crippen LogP contribution is -2.60. The first kappa shape index (κ1) is 28.0. The Kier molecular flexibility index (Phi) is 6.24. The van der Waals surface area contributed by atoms with Gasteiger partial charge in [-0.1, -0.05) is 0 Å². The fourth-order valence-electron chi connectivity index (χ4n) is 7.78. The van der Waals surface area contributed by atoms with Gasteiger partial charge >= 0.3 is 0 Å². The summed E-state index contributed by atoms with van der Waals surface area (Å²) in [5.41, 5.74) is 5.21. The van der Waals surface area contributed by atoms with Crippen LogP contribution in [0.25, 0.3) is 5.76 Å². The van der Waals surface area contributed by atoms with Gasteiger partial charge in [-0.25, -0.2) is 4.39 Å². The fraction of sp³-hybridized carbons (Fsp3) is 0.586. The minimum atomic E-state index is -2.42. The summed E-state index contributed by atoms with van der Waals surface area (Å²) in [7, 11) is 7.09. The molecule has 0 aromatic heterocycles. The standard InChI is InChI=1S/C29H37FN4O7/c1-32(2)18-11-14(12-34-7-5-15(30)6-8-34)23(35)20-16(18)9-13-10-17-22(33(3)4)25(37)21(27(31)39)29(40)28(17,41-29)26(38)19(13)24(20)36/h11,13,15,17,22,35-37,40H,5-10,12H2,1-4H3,(H2,31,39)/t13-,17-,22+,28-,29?/m0/s1. The Morgan fingerprint density at radius 3 is 2.44 bits per heavy atom. The number of nitrogens with zero attached hydrogens (tertiary/aromatic N) is 3. The van der Waals surface area contributed by atoms with E-state index < -0.39 is 64.2 Å². The molecule has 1 saturated carbocycles. The molecule has 1 amide bonds. The molecule has 0 bridgehead atoms. The second-order valence-electron chi connectivity index (χ2n) is 12.5. The number of epoxide rings is 1. The molecule has 5 atom stereocenters. The number of benzene rings is 1. The van der Waals surface area contributed by atoms with Gasteiger partial charge in [0.05, 0.1) is 11.6 Å². The van der Waals surface area contributed by atoms with Gasteiger partial charge in [0.25, 0.3) is 5.91 Å². The van der Waals surface area contributed by atoms with Crippen LogP contribution in [0.5, 0.6) is 5.75 Å². The molecular weight excluding hydrogens is 535 g/mol. The number of primary amides is 1. The van der Waals surface area contributed by atoms with Crippen molar-refractivity contribution in [1.82, 2.24) is 9.80 Å². The average molecular weight is 573 g/mol. The Hall–Kier alpha value is -3.19. The predicted molar refractivity (Wildman–Crippen MR) is 147 cm³/mol. The molecule has 5 aliphatic rings. The minimum absolute atomic E-state index is 0.0165. The quantitative estimate of drug-likeness (QED) is 0.323. The Balaban J connectivity index is 1.48. The molecule has 6 rings (SSSR count). The van der Waals surface area contributed by atoms with Crippen LogP contribution in [0.15, 0.2) is 23.0 Å². The largest absolute Gasteiger partial charge is 0.510 e. The number of anilines is 1. The van der Waals surface area contributed by atoms with Crippen LogP contribution < -0.4 is 10.6 Å². The van der Waals surface area contributed by atoms with Crippen molar-refractivity contribution in [3.05, 3.63) is 39.7 Å². The lowest BCUT2D eigenvalue weighted by molar-refractivity contribution is -0.127. The smallest absolute Gasteiger partial charge is 0.253 e. The number of nitrogens with two attached hydrogens (primary N) is 1. The maximum atomic E-state index is 14.3. The van der Waals surface area contributed by atoms with E-state index in [1.54, 1.807) is 19.0 Å². The average Bonchev–Trinajstić information content (AvgIpc) is 3.51. The molecule has 2 aliphatic heterocycles. The number of hydrogen-bond donors (Lipinski definition) is 5. The Labute approximate surface area is 237 Å². The fourth-order valence-corrected chi connectivity index (χ4v) is 7.78. The number of halogens is 1. The van der Waals surface area contributed by atoms with Gasteiger partial charge in [0.1, 0.15) is 29.0 Å². The molecule has 2 heterocycles. The van der Waals surface area contributed by atoms with E-state index in [1.807, 2.05) is 30.0 Å². The maximum Gasteiger partial charge on any atom is 0.253 e. The highest BCUT2D eigenvalue weighted by Crippen LogP contribution is 2.67. The highest BCUT2D eigenvalue weighted by atomic mass is 19.1. The van der Waals surface area contributed by atoms with E-state index in [2.05, 4.69) is 0 Å². The summed E-state index contributed by atoms with van der Waals surface area (Å²) in [6.45, 7) is 1.42. The lowest BCUT2D eigenvalue weighted by Gasteiger charge is -2.46. The molecule has 2 saturated heterocycles. The zero-order valence-corrected chi connectivity index (χ0v) is 23.6. The second-order valence-corrected chi connectivity index (χ2v) is 12.5. The van der Waals surface area contributed by atoms with E-state index >= 15 is 0 Å². The van der Waals surface area contributed by atoms with E-state index in [0.717, 1.165) is 5.69 Å². The van der Waals surface area contributed by atoms with Crippen LogP contribution in [0.1, 0.15) is 36.0 Å². The van der Waals surface area contributed by atoms with Crippen LogP contribution in [0, 0.1) is 11.8 Å². The third-order valence-corrected chi connectivity index (χ3v) is 9.68. The Bertz CT molecular complexity index is 1420. The first-order valence-electron chi connectivity index (χ1n) is 14.0. The van der Waals surface area contributed by atoms with Crippen molar-refractivity contribution >= 4 is 23.1 Å². The number of ether oxygens (including phenoxy) is 1. The Morgan fingerprint density at radius 2 is 1.85 bits per heavy atom. The molecule has 3 aliphatic carbocycles. The molecule has 1 spiro atoms. The van der Waals surface area contributed by atoms with Crippen LogP contribution in [0.2, 0.25) is 0 Å². The van der Waals surface area contributed by atoms with Gasteiger partial charge in [0.15, 0.2) is 5.60 Å². The summed E-state index contributed by atoms with van der Waals surface area (Å²) >= 11 is 0. The molecule has 1 aromatic rings. The molecule has 1 unspecified atom stereocenters. The number of rotatable bonds is 5. The van der Waals surface area contributed by atoms with E-state index in [0.29, 0.717) is 50.0 Å². The monoisotopic (exact) mass is 572 g/mol. The number of phenols is 1. The van der Waals surface area contributed by atoms with Gasteiger partial charge in [-0.15, -0.1) is 0 Å². The van der Waals surface area contributed by atoms with Gasteiger partial charge in [0.2, 0.25) is 11.6 Å². The number of hydrogen-bond acceptors (Lipinski definition) is 10. The van der Waals surface area contributed by atoms with E-state index in [9.17, 15) is 34.4 Å². The number of carbonyl (C=O) groups excluding carboxylic acids is 2. The van der Waals surface area contributed by atoms with Crippen molar-refractivity contribution in [3.8, 4) is 5.75 Å². The third-order valence-electron chi connectivity index (χ3n) is 9.68. The van der Waals surface area contributed by atoms with Crippen LogP contribution in [0.4, 0.5) is 10.1 Å². The maximum absolute atomic E-state index is 14.3. The summed E-state index contributed by atoms with van der Waals surface area (Å²) in [6, 6.07) is 1.03. The van der Waals surface area contributed by atoms with Crippen LogP contribution in [-0.2, 0) is 27.3 Å². The number of piperidine rings is 1. The molecule has 222 valence electrons. The highest BCUT2D eigenvalue weighted by molar-refractivity contribution is 6.14. The van der Waals surface area contributed by atoms with E-state index in [4.69, 9.17) is 10.5 Å². The number of aliphatic hydroxyl groups excluding tert-OH is 2. The van der Waals surface area contributed by atoms with Crippen molar-refractivity contribution in [2.45, 2.75) is 55.8 Å². The van der Waals surface area contributed by atoms with Crippen LogP contribution >= 0.6 is 0 Å². The number of likely N-dealkylation sites (tertiary alicyclic amines) is 1. The normalized spacial score (nSPS) is 33.3. The topological polar surface area (TPSA) is 163 Å². The summed E-state index contributed by atoms with van der Waals surface area (Å²) in [4.78, 5) is 32.2. The summed E-state index contributed by atoms with van der Waals surface area (Å²) in [5.74, 6) is -6.44. The SMILES string of the molecule is CN(C)c1cc(CN2CCC(F)CC2)c(O)c2c1C[C@H]1C[C@H]3[C@@H](N(C)C)C(O)=C(C(N)=O)C4(O)O[C@]34C(=O)C1=C2O. The first-order chi connectivity index (χ1) is 19.2. The summed E-state index contributed by atoms with van der Waals surface area (Å²) < 4.78 is 19.4. The predicted octanol–water partition coefficient (Wildman–Crippen LogP) is 1.12. The van der Waals surface area contributed by atoms with Crippen LogP contribution in [-0.4, -0.2) is 107 Å². The Morgan fingerprint density at radius 1 is 1.20 bits per heavy atom. The number of aromatic hydroxyl groups is 1. The molecule has 6 N–H and O–H groups in total. The van der Waals surface area contributed by atoms with Crippen molar-refractivity contribution in [2.24, 2.45) is 17.6 Å². The molecule has 12 heteroatoms. The summed E-state index contributed by atoms with van der Waals surface area (Å²) in [6.07, 6.45) is 0.547. The number of aliphatic hydroxyl groups is 3. The number of ketones is 1. The van der Waals surface area contributed by atoms with Gasteiger partial charge < -0.3 is 35.8 Å². The zero-order chi connectivity index (χ0) is 29.8. The number of carbonyl (C=O) groups is 2. The first-order valence-corrected chi connectivity index (χ1v) is 14.0. The number of alkyl halides is 1. The van der Waals surface area contributed by atoms with Crippen molar-refractivity contribution in [2.75, 3.05) is 46.2 Å². The second kappa shape index (κ2) is 9.15. The number of fused-ring (bicyclic) bond motifs is 2. The minimum Gasteiger partial charge on any atom is -0.510 e. The molecule has 3 fully saturated rings. The van der Waals surface area contributed by atoms with E-state index in [-0.39, 0.29) is 23.3 Å². The van der Waals surface area contributed by atoms with Gasteiger partial charge in [-0.2, -0.15) is 0 Å². The summed E-state index contributed by atoms with van der Waals surface area (Å²) in [5, 5.41) is 45.7. The van der Waals surface area contributed by atoms with Gasteiger partial charge in [0, 0.05) is 56.5 Å². The number of phenolic OH excluding ortho intramolecular Hbond substituents is 1. The molecule has 1 aromatic carbocycles. The lowest BCUT2D eigenvalue weighted by atomic mass is 9.58. The molecule has 41 heavy (non-hydrogen) atoms. The third kappa shape index (κ3) is 3.70. The number of amides is 1. The molecule has 0 radical (unpaired) electrons. The van der Waals surface area contributed by atoms with Gasteiger partial charge in [-0.3, -0.25) is 19.4 Å². The van der Waals surface area contributed by atoms with Crippen molar-refractivity contribution < 1.29 is 39.1 Å². The molecular formula is C29H37FN4O7.